The highest BCUT2D eigenvalue weighted by atomic mass is 35.5. The fourth-order valence-corrected chi connectivity index (χ4v) is 11.2. The molecule has 2 atom stereocenters. The number of anilines is 2. The summed E-state index contributed by atoms with van der Waals surface area (Å²) in [5.74, 6) is 0.681. The van der Waals surface area contributed by atoms with Gasteiger partial charge in [-0.15, -0.1) is 27.1 Å². The van der Waals surface area contributed by atoms with Gasteiger partial charge in [0, 0.05) is 54.1 Å². The molecule has 380 valence electrons. The third-order valence-corrected chi connectivity index (χ3v) is 15.9. The summed E-state index contributed by atoms with van der Waals surface area (Å²) in [6.07, 6.45) is -0.115. The number of carboxylic acids is 1. The Morgan fingerprint density at radius 1 is 0.931 bits per heavy atom. The first-order chi connectivity index (χ1) is 34.5. The summed E-state index contributed by atoms with van der Waals surface area (Å²) in [6, 6.07) is 22.5. The van der Waals surface area contributed by atoms with Crippen LogP contribution in [0.2, 0.25) is 5.02 Å². The number of amides is 1. The van der Waals surface area contributed by atoms with Gasteiger partial charge in [-0.2, -0.15) is 4.31 Å². The molecule has 0 bridgehead atoms. The van der Waals surface area contributed by atoms with Gasteiger partial charge in [-0.1, -0.05) is 41.9 Å². The van der Waals surface area contributed by atoms with Crippen LogP contribution in [-0.2, 0) is 35.6 Å². The number of thiophene rings is 1. The zero-order valence-corrected chi connectivity index (χ0v) is 43.5. The first-order valence-corrected chi connectivity index (χ1v) is 25.9. The number of ether oxygens (including phenoxy) is 4. The predicted octanol–water partition coefficient (Wildman–Crippen LogP) is 7.44. The first kappa shape index (κ1) is 51.9. The second kappa shape index (κ2) is 22.6. The van der Waals surface area contributed by atoms with Gasteiger partial charge in [0.25, 0.3) is 0 Å². The average Bonchev–Trinajstić information content (AvgIpc) is 4.00. The minimum absolute atomic E-state index is 0.0602. The number of benzene rings is 4. The van der Waals surface area contributed by atoms with E-state index in [1.165, 1.54) is 23.5 Å². The van der Waals surface area contributed by atoms with Gasteiger partial charge in [-0.05, 0) is 104 Å². The van der Waals surface area contributed by atoms with Gasteiger partial charge >= 0.3 is 5.97 Å². The van der Waals surface area contributed by atoms with Crippen molar-refractivity contribution in [1.82, 2.24) is 29.9 Å². The Bertz CT molecular complexity index is 3090. The largest absolute Gasteiger partial charge is 0.494 e. The van der Waals surface area contributed by atoms with Crippen LogP contribution in [-0.4, -0.2) is 111 Å². The molecule has 4 aromatic carbocycles. The van der Waals surface area contributed by atoms with Crippen LogP contribution in [0.3, 0.4) is 0 Å². The average molecular weight is 1040 g/mol. The third-order valence-electron chi connectivity index (χ3n) is 12.7. The van der Waals surface area contributed by atoms with Crippen molar-refractivity contribution in [2.75, 3.05) is 71.2 Å². The molecule has 0 aliphatic carbocycles. The smallest absolute Gasteiger partial charge is 0.304 e. The molecule has 18 nitrogen and oxygen atoms in total. The number of hydrogen-bond donors (Lipinski definition) is 4. The van der Waals surface area contributed by atoms with E-state index in [9.17, 15) is 23.1 Å². The highest BCUT2D eigenvalue weighted by Gasteiger charge is 2.33. The number of aromatic nitrogens is 3. The van der Waals surface area contributed by atoms with Gasteiger partial charge in [-0.25, -0.2) is 8.42 Å². The van der Waals surface area contributed by atoms with E-state index in [0.717, 1.165) is 71.7 Å². The summed E-state index contributed by atoms with van der Waals surface area (Å²) in [4.78, 5) is 31.8. The summed E-state index contributed by atoms with van der Waals surface area (Å²) in [5, 5.41) is 25.1. The number of halogens is 1. The number of nitrogens with zero attached hydrogens (tertiary/aromatic N) is 6. The maximum atomic E-state index is 13.8. The topological polar surface area (TPSA) is 211 Å². The number of hydrazine groups is 2. The van der Waals surface area contributed by atoms with Crippen molar-refractivity contribution in [3.8, 4) is 16.5 Å². The maximum Gasteiger partial charge on any atom is 0.304 e. The lowest BCUT2D eigenvalue weighted by Gasteiger charge is -2.22. The zero-order valence-electron chi connectivity index (χ0n) is 41.1. The highest BCUT2D eigenvalue weighted by Crippen LogP contribution is 2.43. The molecule has 0 saturated carbocycles. The number of aliphatic imine (C=N–C) groups is 1. The molecule has 8 rings (SSSR count). The van der Waals surface area contributed by atoms with Crippen molar-refractivity contribution in [1.29, 1.82) is 0 Å². The molecule has 4 heterocycles. The number of methoxy groups -OCH3 is 1. The monoisotopic (exact) mass is 1040 g/mol. The third kappa shape index (κ3) is 11.4. The SMILES string of the molecule is COc1cc(C(CC(=O)O)c2ccc(C)c(CN(C)S(=O)(=O)c3ccc(OCCOCCOCCNC(=O)C[C@@H]4N=C(c5ccc(Cl)cc5)c5c(sc(C)c5C)-n5c(C)nnc54)cc3)c2)cc2c1N(C)NN2. The molecule has 2 aliphatic heterocycles. The molecule has 2 aliphatic rings. The summed E-state index contributed by atoms with van der Waals surface area (Å²) in [6.45, 7) is 9.72. The molecule has 2 aromatic heterocycles. The second-order valence-electron chi connectivity index (χ2n) is 17.5. The zero-order chi connectivity index (χ0) is 51.3. The Morgan fingerprint density at radius 2 is 1.65 bits per heavy atom. The minimum Gasteiger partial charge on any atom is -0.494 e. The van der Waals surface area contributed by atoms with E-state index in [0.29, 0.717) is 42.1 Å². The first-order valence-electron chi connectivity index (χ1n) is 23.3. The number of rotatable bonds is 22. The van der Waals surface area contributed by atoms with E-state index in [-0.39, 0.29) is 50.0 Å². The molecular formula is C51H58ClN9O9S2. The summed E-state index contributed by atoms with van der Waals surface area (Å²) in [7, 11) is 1.01. The van der Waals surface area contributed by atoms with Gasteiger partial charge in [0.1, 0.15) is 40.7 Å². The molecule has 72 heavy (non-hydrogen) atoms. The standard InChI is InChI=1S/C51H58ClN9O9S2/c1-30-8-9-35(41(27-46(63)64)36-25-42-49(44(26-36)67-7)60(6)58-56-42)24-37(30)29-59(5)72(65,66)40-16-14-39(15-17-40)70-23-22-69-21-20-68-19-18-53-45(62)28-43-50-57-55-33(4)61(50)51-47(31(2)32(3)71-51)48(54-43)34-10-12-38(52)13-11-34/h8-17,24-26,41,43,56,58H,18-23,27-29H2,1-7H3,(H,53,62)(H,63,64)/t41?,43-/m0/s1. The van der Waals surface area contributed by atoms with Gasteiger partial charge in [0.2, 0.25) is 15.9 Å². The Labute approximate surface area is 427 Å². The second-order valence-corrected chi connectivity index (χ2v) is 21.2. The number of carbonyl (C=O) groups excluding carboxylic acids is 1. The van der Waals surface area contributed by atoms with Crippen LogP contribution in [0.5, 0.6) is 11.5 Å². The Kier molecular flexibility index (Phi) is 16.3. The van der Waals surface area contributed by atoms with Gasteiger partial charge in [0.15, 0.2) is 5.82 Å². The van der Waals surface area contributed by atoms with Gasteiger partial charge in [0.05, 0.1) is 62.7 Å². The van der Waals surface area contributed by atoms with Crippen molar-refractivity contribution in [2.24, 2.45) is 4.99 Å². The number of sulfonamides is 1. The molecule has 4 N–H and O–H groups in total. The Balaban J connectivity index is 0.773. The van der Waals surface area contributed by atoms with E-state index in [1.807, 2.05) is 80.1 Å². The van der Waals surface area contributed by atoms with Crippen molar-refractivity contribution < 1.29 is 42.1 Å². The Hall–Kier alpha value is -6.39. The molecular weight excluding hydrogens is 982 g/mol. The molecule has 1 unspecified atom stereocenters. The molecule has 0 fully saturated rings. The molecule has 21 heteroatoms. The fourth-order valence-electron chi connectivity index (χ4n) is 8.70. The lowest BCUT2D eigenvalue weighted by Crippen LogP contribution is -2.31. The van der Waals surface area contributed by atoms with Gasteiger partial charge in [-0.3, -0.25) is 24.2 Å². The van der Waals surface area contributed by atoms with Crippen molar-refractivity contribution in [3.63, 3.8) is 0 Å². The van der Waals surface area contributed by atoms with E-state index in [4.69, 9.17) is 35.5 Å². The number of aliphatic carboxylic acids is 1. The summed E-state index contributed by atoms with van der Waals surface area (Å²) in [5.41, 5.74) is 14.5. The fraction of sp³-hybridized carbons (Fsp3) is 0.353. The number of carboxylic acid groups (broad SMARTS) is 1. The number of aryl methyl sites for hydroxylation is 3. The molecule has 1 amide bonds. The van der Waals surface area contributed by atoms with Crippen LogP contribution in [0.15, 0.2) is 88.8 Å². The predicted molar refractivity (Wildman–Crippen MR) is 277 cm³/mol. The van der Waals surface area contributed by atoms with Gasteiger partial charge < -0.3 is 34.8 Å². The normalized spacial score (nSPS) is 14.5. The van der Waals surface area contributed by atoms with Crippen LogP contribution in [0.1, 0.15) is 80.3 Å². The molecule has 0 spiro atoms. The van der Waals surface area contributed by atoms with Crippen LogP contribution in [0.25, 0.3) is 5.00 Å². The van der Waals surface area contributed by atoms with Crippen LogP contribution >= 0.6 is 22.9 Å². The van der Waals surface area contributed by atoms with Crippen molar-refractivity contribution >= 4 is 61.9 Å². The maximum absolute atomic E-state index is 13.8. The number of carbonyl (C=O) groups is 2. The van der Waals surface area contributed by atoms with Crippen LogP contribution in [0.4, 0.5) is 11.4 Å². The molecule has 0 saturated heterocycles. The van der Waals surface area contributed by atoms with Crippen LogP contribution < -0.4 is 30.8 Å². The lowest BCUT2D eigenvalue weighted by molar-refractivity contribution is -0.137. The van der Waals surface area contributed by atoms with Crippen LogP contribution in [0, 0.1) is 27.7 Å². The quantitative estimate of drug-likeness (QED) is 0.0487. The number of fused-ring (bicyclic) bond motifs is 4. The molecule has 6 aromatic rings. The van der Waals surface area contributed by atoms with E-state index < -0.39 is 28.0 Å². The Morgan fingerprint density at radius 3 is 2.38 bits per heavy atom. The highest BCUT2D eigenvalue weighted by molar-refractivity contribution is 7.89. The van der Waals surface area contributed by atoms with E-state index in [1.54, 1.807) is 35.6 Å². The van der Waals surface area contributed by atoms with Crippen molar-refractivity contribution in [2.45, 2.75) is 63.9 Å². The number of hydrogen-bond acceptors (Lipinski definition) is 15. The number of nitrogens with one attached hydrogen (secondary N) is 3. The van der Waals surface area contributed by atoms with E-state index in [2.05, 4.69) is 40.3 Å². The van der Waals surface area contributed by atoms with E-state index >= 15 is 0 Å². The lowest BCUT2D eigenvalue weighted by atomic mass is 9.86. The van der Waals surface area contributed by atoms with Crippen molar-refractivity contribution in [3.05, 3.63) is 139 Å². The minimum atomic E-state index is -3.91. The summed E-state index contributed by atoms with van der Waals surface area (Å²) < 4.78 is 53.7. The summed E-state index contributed by atoms with van der Waals surface area (Å²) >= 11 is 7.89. The molecule has 0 radical (unpaired) electrons.